The number of anilines is 1. The van der Waals surface area contributed by atoms with Crippen LogP contribution >= 0.6 is 11.3 Å². The van der Waals surface area contributed by atoms with Crippen molar-refractivity contribution in [2.24, 2.45) is 15.8 Å². The summed E-state index contributed by atoms with van der Waals surface area (Å²) in [5.41, 5.74) is 11.0. The molecule has 0 radical (unpaired) electrons. The van der Waals surface area contributed by atoms with Gasteiger partial charge < -0.3 is 25.6 Å². The van der Waals surface area contributed by atoms with Crippen LogP contribution in [-0.2, 0) is 5.66 Å². The van der Waals surface area contributed by atoms with Crippen LogP contribution in [0.15, 0.2) is 64.0 Å². The number of nitrogens with two attached hydrogens (primary N) is 1. The van der Waals surface area contributed by atoms with Crippen molar-refractivity contribution in [2.75, 3.05) is 51.7 Å². The van der Waals surface area contributed by atoms with Crippen molar-refractivity contribution in [1.29, 1.82) is 0 Å². The Morgan fingerprint density at radius 3 is 2.58 bits per heavy atom. The van der Waals surface area contributed by atoms with Crippen molar-refractivity contribution >= 4 is 29.2 Å². The first-order valence-electron chi connectivity index (χ1n) is 14.2. The van der Waals surface area contributed by atoms with E-state index in [2.05, 4.69) is 88.9 Å². The van der Waals surface area contributed by atoms with Crippen LogP contribution in [0, 0.1) is 13.8 Å². The van der Waals surface area contributed by atoms with Gasteiger partial charge in [-0.25, -0.2) is 4.99 Å². The molecule has 1 aromatic heterocycles. The summed E-state index contributed by atoms with van der Waals surface area (Å²) in [5, 5.41) is 12.5. The molecule has 210 valence electrons. The average molecular weight is 558 g/mol. The third kappa shape index (κ3) is 4.98. The minimum absolute atomic E-state index is 0.0388. The number of aliphatic imine (C=N–C) groups is 1. The van der Waals surface area contributed by atoms with Crippen molar-refractivity contribution < 1.29 is 4.74 Å². The monoisotopic (exact) mass is 557 g/mol. The number of hydrogen-bond donors (Lipinski definition) is 2. The molecular formula is C31H39N7OS. The van der Waals surface area contributed by atoms with Crippen LogP contribution in [0.5, 0.6) is 5.75 Å². The number of benzene rings is 2. The van der Waals surface area contributed by atoms with Gasteiger partial charge in [0.05, 0.1) is 23.2 Å². The van der Waals surface area contributed by atoms with E-state index in [0.717, 1.165) is 78.6 Å². The van der Waals surface area contributed by atoms with E-state index in [1.807, 2.05) is 12.3 Å². The number of nitrogens with one attached hydrogen (secondary N) is 1. The number of nitrogens with zero attached hydrogens (tertiary/aromatic N) is 5. The summed E-state index contributed by atoms with van der Waals surface area (Å²) in [4.78, 5) is 11.2. The van der Waals surface area contributed by atoms with Gasteiger partial charge in [-0.05, 0) is 67.6 Å². The van der Waals surface area contributed by atoms with Gasteiger partial charge in [-0.3, -0.25) is 5.01 Å². The van der Waals surface area contributed by atoms with Crippen LogP contribution in [0.4, 0.5) is 5.69 Å². The summed E-state index contributed by atoms with van der Waals surface area (Å²) >= 11 is 1.68. The molecule has 2 atom stereocenters. The predicted molar refractivity (Wildman–Crippen MR) is 164 cm³/mol. The van der Waals surface area contributed by atoms with E-state index in [4.69, 9.17) is 20.6 Å². The highest BCUT2D eigenvalue weighted by molar-refractivity contribution is 7.10. The van der Waals surface area contributed by atoms with Gasteiger partial charge in [-0.1, -0.05) is 30.3 Å². The fourth-order valence-electron chi connectivity index (χ4n) is 6.14. The average Bonchev–Trinajstić information content (AvgIpc) is 3.64. The lowest BCUT2D eigenvalue weighted by molar-refractivity contribution is 0.0988. The van der Waals surface area contributed by atoms with Gasteiger partial charge in [0.25, 0.3) is 0 Å². The number of likely N-dealkylation sites (N-methyl/N-ethyl adjacent to an activating group) is 1. The predicted octanol–water partition coefficient (Wildman–Crippen LogP) is 4.76. The second-order valence-corrected chi connectivity index (χ2v) is 12.0. The molecule has 2 unspecified atom stereocenters. The van der Waals surface area contributed by atoms with Gasteiger partial charge in [0, 0.05) is 50.9 Å². The van der Waals surface area contributed by atoms with E-state index >= 15 is 0 Å². The van der Waals surface area contributed by atoms with Gasteiger partial charge in [-0.15, -0.1) is 11.3 Å². The number of hydrogen-bond acceptors (Lipinski definition) is 9. The van der Waals surface area contributed by atoms with Gasteiger partial charge in [0.1, 0.15) is 5.75 Å². The normalized spacial score (nSPS) is 23.1. The molecule has 6 rings (SSSR count). The molecule has 9 heteroatoms. The van der Waals surface area contributed by atoms with E-state index in [0.29, 0.717) is 12.6 Å². The molecule has 3 aliphatic rings. The summed E-state index contributed by atoms with van der Waals surface area (Å²) in [7, 11) is 2.19. The topological polar surface area (TPSA) is 81.7 Å². The van der Waals surface area contributed by atoms with E-state index in [9.17, 15) is 0 Å². The van der Waals surface area contributed by atoms with E-state index in [1.165, 1.54) is 5.56 Å². The first-order chi connectivity index (χ1) is 19.5. The van der Waals surface area contributed by atoms with Crippen LogP contribution in [0.25, 0.3) is 0 Å². The minimum Gasteiger partial charge on any atom is -0.493 e. The Morgan fingerprint density at radius 1 is 1.07 bits per heavy atom. The molecule has 1 fully saturated rings. The van der Waals surface area contributed by atoms with Gasteiger partial charge in [-0.2, -0.15) is 5.10 Å². The Hall–Kier alpha value is -3.40. The summed E-state index contributed by atoms with van der Waals surface area (Å²) in [5.74, 6) is 1.35. The standard InChI is InChI=1S/C31H39N7OS/c1-22-20-25(21-23(2)28(22)39-18-7-13-37-16-14-36(3)15-17-37)31(29-26(11-19-40-29)34-30(32)35-31)38-27(10-12-33-38)24-8-5-4-6-9-24/h4-6,8-9,11-12,19-21,27H,7,10,13-18H2,1-3H3,(H3,32,34,35). The van der Waals surface area contributed by atoms with Crippen LogP contribution < -0.4 is 15.8 Å². The zero-order valence-electron chi connectivity index (χ0n) is 23.6. The highest BCUT2D eigenvalue weighted by atomic mass is 32.1. The van der Waals surface area contributed by atoms with Crippen LogP contribution in [0.3, 0.4) is 0 Å². The number of thiophene rings is 1. The zero-order chi connectivity index (χ0) is 27.7. The molecule has 4 heterocycles. The number of hydrazone groups is 1. The Morgan fingerprint density at radius 2 is 1.82 bits per heavy atom. The maximum atomic E-state index is 6.46. The Labute approximate surface area is 241 Å². The fourth-order valence-corrected chi connectivity index (χ4v) is 7.15. The number of guanidine groups is 1. The van der Waals surface area contributed by atoms with Crippen LogP contribution in [0.2, 0.25) is 0 Å². The van der Waals surface area contributed by atoms with Crippen molar-refractivity contribution in [1.82, 2.24) is 14.8 Å². The molecule has 0 saturated carbocycles. The summed E-state index contributed by atoms with van der Waals surface area (Å²) in [6, 6.07) is 17.1. The van der Waals surface area contributed by atoms with Crippen molar-refractivity contribution in [2.45, 2.75) is 38.4 Å². The number of fused-ring (bicyclic) bond motifs is 1. The Bertz CT molecular complexity index is 1370. The molecule has 8 nitrogen and oxygen atoms in total. The highest BCUT2D eigenvalue weighted by Crippen LogP contribution is 2.51. The molecule has 2 aromatic carbocycles. The molecule has 0 spiro atoms. The number of rotatable bonds is 8. The lowest BCUT2D eigenvalue weighted by atomic mass is 9.89. The Balaban J connectivity index is 1.31. The molecule has 3 aromatic rings. The van der Waals surface area contributed by atoms with Gasteiger partial charge in [0.15, 0.2) is 5.96 Å². The molecule has 3 aliphatic heterocycles. The molecule has 3 N–H and O–H groups in total. The first kappa shape index (κ1) is 26.8. The largest absolute Gasteiger partial charge is 0.493 e. The van der Waals surface area contributed by atoms with Gasteiger partial charge in [0.2, 0.25) is 5.66 Å². The number of ether oxygens (including phenoxy) is 1. The quantitative estimate of drug-likeness (QED) is 0.389. The molecular weight excluding hydrogens is 518 g/mol. The number of aryl methyl sites for hydroxylation is 2. The number of piperazine rings is 1. The van der Waals surface area contributed by atoms with Crippen molar-refractivity contribution in [3.63, 3.8) is 0 Å². The second-order valence-electron chi connectivity index (χ2n) is 11.0. The third-order valence-electron chi connectivity index (χ3n) is 8.20. The summed E-state index contributed by atoms with van der Waals surface area (Å²) < 4.78 is 6.40. The Kier molecular flexibility index (Phi) is 7.53. The van der Waals surface area contributed by atoms with Crippen LogP contribution in [-0.4, -0.2) is 73.4 Å². The highest BCUT2D eigenvalue weighted by Gasteiger charge is 2.50. The SMILES string of the molecule is Cc1cc(C2(N3N=CCC3c3ccccc3)N=C(N)Nc3ccsc32)cc(C)c1OCCCN1CCN(C)CC1. The maximum absolute atomic E-state index is 6.46. The van der Waals surface area contributed by atoms with Crippen molar-refractivity contribution in [3.8, 4) is 5.75 Å². The maximum Gasteiger partial charge on any atom is 0.214 e. The summed E-state index contributed by atoms with van der Waals surface area (Å²) in [6.45, 7) is 10.6. The van der Waals surface area contributed by atoms with E-state index < -0.39 is 5.66 Å². The molecule has 1 saturated heterocycles. The second kappa shape index (κ2) is 11.2. The van der Waals surface area contributed by atoms with Crippen LogP contribution in [0.1, 0.15) is 46.0 Å². The van der Waals surface area contributed by atoms with Gasteiger partial charge >= 0.3 is 0 Å². The lowest BCUT2D eigenvalue weighted by Crippen LogP contribution is -2.47. The van der Waals surface area contributed by atoms with Crippen molar-refractivity contribution in [3.05, 3.63) is 81.0 Å². The minimum atomic E-state index is -0.887. The molecule has 0 amide bonds. The third-order valence-corrected chi connectivity index (χ3v) is 9.21. The molecule has 40 heavy (non-hydrogen) atoms. The smallest absolute Gasteiger partial charge is 0.214 e. The van der Waals surface area contributed by atoms with E-state index in [-0.39, 0.29) is 6.04 Å². The summed E-state index contributed by atoms with van der Waals surface area (Å²) in [6.07, 6.45) is 3.82. The molecule has 0 bridgehead atoms. The fraction of sp³-hybridized carbons (Fsp3) is 0.419. The van der Waals surface area contributed by atoms with E-state index in [1.54, 1.807) is 11.3 Å². The molecule has 0 aliphatic carbocycles. The first-order valence-corrected chi connectivity index (χ1v) is 15.1. The zero-order valence-corrected chi connectivity index (χ0v) is 24.5. The lowest BCUT2D eigenvalue weighted by Gasteiger charge is -2.43.